The lowest BCUT2D eigenvalue weighted by Crippen LogP contribution is -2.43. The van der Waals surface area contributed by atoms with Crippen LogP contribution in [0.25, 0.3) is 11.2 Å². The number of phosphoric acid groups is 3. The predicted octanol–water partition coefficient (Wildman–Crippen LogP) is -0.283. The highest BCUT2D eigenvalue weighted by atomic mass is 32.1. The number of hydrogen-bond donors (Lipinski definition) is 6. The van der Waals surface area contributed by atoms with Crippen molar-refractivity contribution in [2.75, 3.05) is 18.9 Å². The first kappa shape index (κ1) is 24.2. The molecular weight excluding hydrogens is 519 g/mol. The molecule has 2 aromatic heterocycles. The number of thiol groups is 1. The Bertz CT molecular complexity index is 1190. The molecule has 4 rings (SSSR count). The van der Waals surface area contributed by atoms with Gasteiger partial charge in [0.25, 0.3) is 0 Å². The lowest BCUT2D eigenvalue weighted by atomic mass is 10.0. The first-order valence-corrected chi connectivity index (χ1v) is 13.4. The summed E-state index contributed by atoms with van der Waals surface area (Å²) in [5.74, 6) is 0.141. The van der Waals surface area contributed by atoms with Crippen molar-refractivity contribution in [1.29, 1.82) is 0 Å². The third kappa shape index (κ3) is 4.65. The number of nitrogens with zero attached hydrogens (tertiary/aromatic N) is 4. The quantitative estimate of drug-likeness (QED) is 0.188. The molecule has 0 spiro atoms. The molecule has 2 bridgehead atoms. The van der Waals surface area contributed by atoms with Crippen LogP contribution in [0.3, 0.4) is 0 Å². The molecule has 6 N–H and O–H groups in total. The molecule has 2 aliphatic heterocycles. The van der Waals surface area contributed by atoms with Crippen LogP contribution in [-0.4, -0.2) is 69.3 Å². The molecule has 17 nitrogen and oxygen atoms in total. The van der Waals surface area contributed by atoms with E-state index in [0.717, 1.165) is 0 Å². The van der Waals surface area contributed by atoms with Gasteiger partial charge in [-0.3, -0.25) is 9.09 Å². The smallest absolute Gasteiger partial charge is 0.382 e. The van der Waals surface area contributed by atoms with Crippen molar-refractivity contribution in [3.63, 3.8) is 0 Å². The normalized spacial score (nSPS) is 31.6. The molecule has 0 radical (unpaired) electrons. The van der Waals surface area contributed by atoms with Crippen molar-refractivity contribution >= 4 is 53.1 Å². The van der Waals surface area contributed by atoms with E-state index in [-0.39, 0.29) is 12.4 Å². The largest absolute Gasteiger partial charge is 0.490 e. The minimum Gasteiger partial charge on any atom is -0.382 e. The number of rotatable bonds is 8. The minimum atomic E-state index is -5.65. The van der Waals surface area contributed by atoms with Gasteiger partial charge in [-0.25, -0.2) is 28.6 Å². The highest BCUT2D eigenvalue weighted by Crippen LogP contribution is 2.66. The van der Waals surface area contributed by atoms with Crippen molar-refractivity contribution < 1.29 is 55.9 Å². The molecule has 0 aliphatic carbocycles. The Morgan fingerprint density at radius 2 is 1.91 bits per heavy atom. The van der Waals surface area contributed by atoms with Crippen molar-refractivity contribution in [3.05, 3.63) is 12.7 Å². The molecule has 0 saturated carbocycles. The fraction of sp³-hybridized carbons (Fsp3) is 0.545. The van der Waals surface area contributed by atoms with E-state index in [2.05, 4.69) is 36.2 Å². The number of hydrogen-bond acceptors (Lipinski definition) is 13. The highest BCUT2D eigenvalue weighted by Gasteiger charge is 2.62. The van der Waals surface area contributed by atoms with E-state index in [9.17, 15) is 23.5 Å². The number of fused-ring (bicyclic) bond motifs is 3. The summed E-state index contributed by atoms with van der Waals surface area (Å²) in [5.41, 5.74) is 5.02. The average Bonchev–Trinajstić information content (AvgIpc) is 3.28. The van der Waals surface area contributed by atoms with E-state index in [1.54, 1.807) is 0 Å². The van der Waals surface area contributed by atoms with Crippen molar-refractivity contribution in [2.24, 2.45) is 0 Å². The van der Waals surface area contributed by atoms with Gasteiger partial charge in [0.1, 0.15) is 23.5 Å². The first-order chi connectivity index (χ1) is 14.7. The second kappa shape index (κ2) is 8.06. The van der Waals surface area contributed by atoms with Crippen LogP contribution < -0.4 is 5.73 Å². The number of aromatic nitrogens is 4. The number of nitrogens with two attached hydrogens (primary N) is 1. The molecule has 6 atom stereocenters. The van der Waals surface area contributed by atoms with Crippen LogP contribution in [0, 0.1) is 0 Å². The summed E-state index contributed by atoms with van der Waals surface area (Å²) in [6.07, 6.45) is 1.11. The van der Waals surface area contributed by atoms with E-state index in [1.807, 2.05) is 0 Å². The van der Waals surface area contributed by atoms with Gasteiger partial charge in [-0.05, 0) is 0 Å². The molecule has 2 aliphatic rings. The molecule has 2 aromatic rings. The number of nitrogen functional groups attached to an aromatic ring is 1. The van der Waals surface area contributed by atoms with Gasteiger partial charge < -0.3 is 34.8 Å². The van der Waals surface area contributed by atoms with Gasteiger partial charge in [-0.15, -0.1) is 0 Å². The molecule has 32 heavy (non-hydrogen) atoms. The summed E-state index contributed by atoms with van der Waals surface area (Å²) in [6.45, 7) is -0.830. The maximum atomic E-state index is 12.1. The zero-order valence-corrected chi connectivity index (χ0v) is 19.1. The summed E-state index contributed by atoms with van der Waals surface area (Å²) >= 11 is 4.44. The van der Waals surface area contributed by atoms with E-state index >= 15 is 0 Å². The molecule has 0 amide bonds. The third-order valence-electron chi connectivity index (χ3n) is 4.56. The molecule has 2 fully saturated rings. The van der Waals surface area contributed by atoms with Gasteiger partial charge in [-0.2, -0.15) is 21.3 Å². The second-order valence-corrected chi connectivity index (χ2v) is 11.7. The SMILES string of the molecule is Nc1ncnc2c1ncn2[C@@H]1O[C@@]2(COP(=O)(O)OP(=O)(O)OP(=O)(O)O)CO[C@@H]1[C@@H]2S. The Labute approximate surface area is 183 Å². The predicted molar refractivity (Wildman–Crippen MR) is 105 cm³/mol. The van der Waals surface area contributed by atoms with Crippen LogP contribution in [0.1, 0.15) is 6.23 Å². The van der Waals surface area contributed by atoms with Gasteiger partial charge in [0.05, 0.1) is 24.8 Å². The molecule has 4 heterocycles. The lowest BCUT2D eigenvalue weighted by Gasteiger charge is -2.31. The number of imidazole rings is 1. The number of ether oxygens (including phenoxy) is 2. The summed E-state index contributed by atoms with van der Waals surface area (Å²) < 4.78 is 59.5. The van der Waals surface area contributed by atoms with Gasteiger partial charge in [0.2, 0.25) is 0 Å². The topological polar surface area (TPSA) is 248 Å². The van der Waals surface area contributed by atoms with Crippen molar-refractivity contribution in [3.8, 4) is 0 Å². The Hall–Kier alpha value is -0.970. The second-order valence-electron chi connectivity index (χ2n) is 6.74. The van der Waals surface area contributed by atoms with Crippen molar-refractivity contribution in [2.45, 2.75) is 23.2 Å². The molecular formula is C11H16N5O12P3S. The Morgan fingerprint density at radius 3 is 2.59 bits per heavy atom. The third-order valence-corrected chi connectivity index (χ3v) is 9.10. The van der Waals surface area contributed by atoms with E-state index < -0.39 is 53.3 Å². The summed E-state index contributed by atoms with van der Waals surface area (Å²) in [7, 11) is -16.5. The van der Waals surface area contributed by atoms with Gasteiger partial charge in [-0.1, -0.05) is 0 Å². The molecule has 2 saturated heterocycles. The number of phosphoric ester groups is 1. The maximum Gasteiger partial charge on any atom is 0.490 e. The fourth-order valence-corrected chi connectivity index (χ4v) is 6.81. The van der Waals surface area contributed by atoms with Crippen LogP contribution in [0.5, 0.6) is 0 Å². The first-order valence-electron chi connectivity index (χ1n) is 8.41. The molecule has 0 aromatic carbocycles. The van der Waals surface area contributed by atoms with Crippen molar-refractivity contribution in [1.82, 2.24) is 19.5 Å². The lowest BCUT2D eigenvalue weighted by molar-refractivity contribution is -0.180. The van der Waals surface area contributed by atoms with E-state index in [1.165, 1.54) is 17.2 Å². The summed E-state index contributed by atoms with van der Waals surface area (Å²) in [4.78, 5) is 48.2. The minimum absolute atomic E-state index is 0.123. The van der Waals surface area contributed by atoms with Gasteiger partial charge in [0.15, 0.2) is 17.7 Å². The van der Waals surface area contributed by atoms with Gasteiger partial charge >= 0.3 is 23.5 Å². The average molecular weight is 535 g/mol. The zero-order chi connectivity index (χ0) is 23.5. The monoisotopic (exact) mass is 535 g/mol. The summed E-state index contributed by atoms with van der Waals surface area (Å²) in [5, 5.41) is -0.698. The van der Waals surface area contributed by atoms with E-state index in [0.29, 0.717) is 11.2 Å². The van der Waals surface area contributed by atoms with Crippen LogP contribution in [-0.2, 0) is 36.3 Å². The Morgan fingerprint density at radius 1 is 1.19 bits per heavy atom. The van der Waals surface area contributed by atoms with Gasteiger partial charge in [0, 0.05) is 0 Å². The Kier molecular flexibility index (Phi) is 6.09. The van der Waals surface area contributed by atoms with Crippen LogP contribution in [0.4, 0.5) is 5.82 Å². The maximum absolute atomic E-state index is 12.1. The summed E-state index contributed by atoms with van der Waals surface area (Å²) in [6, 6.07) is 0. The Balaban J connectivity index is 1.50. The molecule has 178 valence electrons. The van der Waals surface area contributed by atoms with E-state index in [4.69, 9.17) is 29.5 Å². The highest BCUT2D eigenvalue weighted by molar-refractivity contribution is 7.81. The van der Waals surface area contributed by atoms with Crippen LogP contribution in [0.2, 0.25) is 0 Å². The fourth-order valence-electron chi connectivity index (χ4n) is 3.29. The number of anilines is 1. The van der Waals surface area contributed by atoms with Crippen LogP contribution >= 0.6 is 36.1 Å². The van der Waals surface area contributed by atoms with Crippen LogP contribution in [0.15, 0.2) is 12.7 Å². The standard InChI is InChI=1S/C11H16N5O12P3S/c12-8-5-9(14-3-13-8)16(4-15-5)10-6-7(32)11(26-10,1-24-6)2-25-30(20,21)28-31(22,23)27-29(17,18)19/h3-4,6-7,10,32H,1-2H2,(H,20,21)(H,22,23)(H2,12,13,14)(H2,17,18,19)/t6-,7+,10-,11-/m1/s1. The molecule has 2 unspecified atom stereocenters. The zero-order valence-electron chi connectivity index (χ0n) is 15.5. The molecule has 21 heteroatoms.